The first-order chi connectivity index (χ1) is 8.65. The summed E-state index contributed by atoms with van der Waals surface area (Å²) in [7, 11) is 2.00. The van der Waals surface area contributed by atoms with Gasteiger partial charge in [0.05, 0.1) is 5.76 Å². The second kappa shape index (κ2) is 9.79. The number of ether oxygens (including phenoxy) is 1. The van der Waals surface area contributed by atoms with Crippen molar-refractivity contribution in [2.24, 2.45) is 0 Å². The van der Waals surface area contributed by atoms with E-state index in [9.17, 15) is 0 Å². The largest absolute Gasteiger partial charge is 0.496 e. The molecule has 0 unspecified atom stereocenters. The van der Waals surface area contributed by atoms with Gasteiger partial charge < -0.3 is 17.0 Å². The Kier molecular flexibility index (Phi) is 9.77. The molecule has 0 aliphatic heterocycles. The minimum absolute atomic E-state index is 0. The summed E-state index contributed by atoms with van der Waals surface area (Å²) in [6.45, 7) is 11.8. The van der Waals surface area contributed by atoms with Crippen LogP contribution in [0.4, 0.5) is 0 Å². The number of allylic oxidation sites excluding steroid dienone is 6. The quantitative estimate of drug-likeness (QED) is 0.455. The molecule has 0 amide bonds. The Bertz CT molecular complexity index is 352. The summed E-state index contributed by atoms with van der Waals surface area (Å²) in [6.07, 6.45) is 9.22. The van der Waals surface area contributed by atoms with Crippen molar-refractivity contribution in [1.82, 2.24) is 5.32 Å². The van der Waals surface area contributed by atoms with Gasteiger partial charge in [-0.05, 0) is 33.7 Å². The monoisotopic (exact) mass is 336 g/mol. The van der Waals surface area contributed by atoms with Crippen LogP contribution in [0.2, 0.25) is 0 Å². The van der Waals surface area contributed by atoms with Crippen LogP contribution in [0, 0.1) is 13.8 Å². The van der Waals surface area contributed by atoms with Crippen LogP contribution in [0.1, 0.15) is 33.1 Å². The predicted molar refractivity (Wildman–Crippen MR) is 77.9 cm³/mol. The molecule has 1 aliphatic rings. The summed E-state index contributed by atoms with van der Waals surface area (Å²) in [5.74, 6) is 0.978. The third-order valence-corrected chi connectivity index (χ3v) is 3.42. The zero-order valence-electron chi connectivity index (χ0n) is 12.4. The number of nitrogens with one attached hydrogen (secondary N) is 1. The Morgan fingerprint density at radius 1 is 1.42 bits per heavy atom. The Morgan fingerprint density at radius 3 is 2.47 bits per heavy atom. The average Bonchev–Trinajstić information content (AvgIpc) is 2.33. The molecule has 105 valence electrons. The van der Waals surface area contributed by atoms with Crippen molar-refractivity contribution in [3.63, 3.8) is 0 Å². The molecule has 19 heavy (non-hydrogen) atoms. The fraction of sp³-hybridized carbons (Fsp3) is 0.500. The van der Waals surface area contributed by atoms with E-state index in [1.807, 2.05) is 33.0 Å². The van der Waals surface area contributed by atoms with Crippen LogP contribution in [-0.4, -0.2) is 19.2 Å². The molecular weight excluding hydrogens is 311 g/mol. The third-order valence-electron chi connectivity index (χ3n) is 3.42. The molecule has 1 saturated carbocycles. The molecule has 0 aromatic heterocycles. The second-order valence-electron chi connectivity index (χ2n) is 4.65. The molecule has 0 aromatic rings. The van der Waals surface area contributed by atoms with E-state index in [4.69, 9.17) is 4.74 Å². The van der Waals surface area contributed by atoms with Crippen LogP contribution in [0.15, 0.2) is 35.1 Å². The average molecular weight is 336 g/mol. The van der Waals surface area contributed by atoms with Gasteiger partial charge in [0.2, 0.25) is 0 Å². The van der Waals surface area contributed by atoms with E-state index in [1.165, 1.54) is 0 Å². The first kappa shape index (κ1) is 19.0. The van der Waals surface area contributed by atoms with Crippen molar-refractivity contribution in [2.75, 3.05) is 7.05 Å². The van der Waals surface area contributed by atoms with Crippen molar-refractivity contribution < 1.29 is 37.4 Å². The third kappa shape index (κ3) is 5.45. The maximum atomic E-state index is 6.01. The molecule has 1 radical (unpaired) electrons. The molecule has 3 heteroatoms. The summed E-state index contributed by atoms with van der Waals surface area (Å²) < 4.78 is 6.01. The second-order valence-corrected chi connectivity index (χ2v) is 4.65. The molecular formula is C16H25NOY-2. The molecule has 1 N–H and O–H groups in total. The van der Waals surface area contributed by atoms with Crippen LogP contribution in [0.25, 0.3) is 0 Å². The van der Waals surface area contributed by atoms with E-state index in [2.05, 4.69) is 25.2 Å². The normalized spacial score (nSPS) is 24.5. The molecule has 0 saturated heterocycles. The van der Waals surface area contributed by atoms with Crippen molar-refractivity contribution in [3.05, 3.63) is 49.0 Å². The summed E-state index contributed by atoms with van der Waals surface area (Å²) >= 11 is 0. The van der Waals surface area contributed by atoms with E-state index >= 15 is 0 Å². The van der Waals surface area contributed by atoms with Gasteiger partial charge in [-0.3, -0.25) is 0 Å². The van der Waals surface area contributed by atoms with Gasteiger partial charge >= 0.3 is 0 Å². The summed E-state index contributed by atoms with van der Waals surface area (Å²) in [5, 5.41) is 3.26. The van der Waals surface area contributed by atoms with Crippen LogP contribution < -0.4 is 5.32 Å². The van der Waals surface area contributed by atoms with Crippen molar-refractivity contribution in [3.8, 4) is 0 Å². The van der Waals surface area contributed by atoms with Crippen LogP contribution in [0.3, 0.4) is 0 Å². The first-order valence-corrected chi connectivity index (χ1v) is 6.61. The van der Waals surface area contributed by atoms with E-state index in [-0.39, 0.29) is 32.7 Å². The molecule has 0 aromatic carbocycles. The number of hydrogen-bond acceptors (Lipinski definition) is 2. The standard InChI is InChI=1S/C16H25NO.Y/c1-6-9-16(13(7-2)8-3)12(4)18-15-10-14(11-15)17-5;/h6-7,9,14-15,17H,2-3,8,10-11H2,1,4-5H3;/q-2;/b9-6-,13-7+,16-12-;. The van der Waals surface area contributed by atoms with Gasteiger partial charge in [0.15, 0.2) is 0 Å². The SMILES string of the molecule is [CH2-]/C=C(C[CH2-])/C(/C=C\C)=C(/C)OC1CC(NC)C1.[Y]. The topological polar surface area (TPSA) is 21.3 Å². The van der Waals surface area contributed by atoms with E-state index in [0.717, 1.165) is 36.2 Å². The van der Waals surface area contributed by atoms with E-state index < -0.39 is 0 Å². The van der Waals surface area contributed by atoms with Gasteiger partial charge in [0.25, 0.3) is 0 Å². The van der Waals surface area contributed by atoms with Gasteiger partial charge in [-0.1, -0.05) is 17.7 Å². The van der Waals surface area contributed by atoms with Gasteiger partial charge in [-0.25, -0.2) is 25.0 Å². The smallest absolute Gasteiger partial charge is 0.101 e. The van der Waals surface area contributed by atoms with Crippen molar-refractivity contribution in [2.45, 2.75) is 45.3 Å². The van der Waals surface area contributed by atoms with Gasteiger partial charge in [-0.15, -0.1) is 0 Å². The Hall–Kier alpha value is -0.0461. The van der Waals surface area contributed by atoms with Crippen LogP contribution >= 0.6 is 0 Å². The maximum Gasteiger partial charge on any atom is 0.101 e. The maximum absolute atomic E-state index is 6.01. The van der Waals surface area contributed by atoms with Gasteiger partial charge in [0, 0.05) is 38.8 Å². The molecule has 1 aliphatic carbocycles. The van der Waals surface area contributed by atoms with Gasteiger partial charge in [-0.2, -0.15) is 0 Å². The molecule has 1 fully saturated rings. The Balaban J connectivity index is 0.00000324. The van der Waals surface area contributed by atoms with Crippen molar-refractivity contribution >= 4 is 0 Å². The van der Waals surface area contributed by atoms with E-state index in [1.54, 1.807) is 0 Å². The van der Waals surface area contributed by atoms with Crippen LogP contribution in [-0.2, 0) is 37.4 Å². The molecule has 0 atom stereocenters. The number of rotatable bonds is 6. The van der Waals surface area contributed by atoms with Crippen molar-refractivity contribution in [1.29, 1.82) is 0 Å². The molecule has 2 nitrogen and oxygen atoms in total. The fourth-order valence-corrected chi connectivity index (χ4v) is 2.17. The van der Waals surface area contributed by atoms with E-state index in [0.29, 0.717) is 12.1 Å². The zero-order valence-corrected chi connectivity index (χ0v) is 15.2. The van der Waals surface area contributed by atoms with Crippen LogP contribution in [0.5, 0.6) is 0 Å². The summed E-state index contributed by atoms with van der Waals surface area (Å²) in [5.41, 5.74) is 2.26. The molecule has 1 rings (SSSR count). The molecule has 0 heterocycles. The molecule has 0 spiro atoms. The fourth-order valence-electron chi connectivity index (χ4n) is 2.17. The number of hydrogen-bond donors (Lipinski definition) is 1. The predicted octanol–water partition coefficient (Wildman–Crippen LogP) is 3.59. The molecule has 0 bridgehead atoms. The minimum atomic E-state index is 0. The summed E-state index contributed by atoms with van der Waals surface area (Å²) in [6, 6.07) is 0.615. The zero-order chi connectivity index (χ0) is 13.5. The summed E-state index contributed by atoms with van der Waals surface area (Å²) in [4.78, 5) is 0. The van der Waals surface area contributed by atoms with Gasteiger partial charge in [0.1, 0.15) is 6.10 Å². The Morgan fingerprint density at radius 2 is 2.05 bits per heavy atom. The minimum Gasteiger partial charge on any atom is -0.496 e. The first-order valence-electron chi connectivity index (χ1n) is 6.61. The Labute approximate surface area is 143 Å².